The Morgan fingerprint density at radius 1 is 0.853 bits per heavy atom. The van der Waals surface area contributed by atoms with Crippen LogP contribution in [0.2, 0.25) is 0 Å². The number of unbranched alkanes of at least 4 members (excludes halogenated alkanes) is 1. The minimum absolute atomic E-state index is 0.125. The third-order valence-corrected chi connectivity index (χ3v) is 4.59. The molecule has 194 valence electrons. The number of carboxylic acids is 2. The van der Waals surface area contributed by atoms with Gasteiger partial charge in [-0.2, -0.15) is 0 Å². The summed E-state index contributed by atoms with van der Waals surface area (Å²) in [5, 5.41) is 24.8. The molecular formula is C19H36N8O7. The number of carbonyl (C=O) groups excluding carboxylic acids is 3. The molecule has 0 radical (unpaired) electrons. The Bertz CT molecular complexity index is 727. The van der Waals surface area contributed by atoms with Crippen molar-refractivity contribution in [3.8, 4) is 0 Å². The first kappa shape index (κ1) is 30.5. The monoisotopic (exact) mass is 488 g/mol. The molecule has 0 spiro atoms. The molecule has 0 fully saturated rings. The number of hydrogen-bond donors (Lipinski definition) is 9. The van der Waals surface area contributed by atoms with Crippen molar-refractivity contribution in [2.24, 2.45) is 27.9 Å². The zero-order valence-corrected chi connectivity index (χ0v) is 19.0. The standard InChI is InChI=1S/C19H36N8O7/c20-8-2-1-4-11(21)16(31)27-12(5-3-9-24-19(22)23)17(32)25-10-14(28)26-13(18(33)34)6-7-15(29)30/h11-13H,1-10,20-21H2,(H,25,32)(H,26,28)(H,27,31)(H,29,30)(H,33,34)(H4,22,23,24). The van der Waals surface area contributed by atoms with Crippen molar-refractivity contribution < 1.29 is 34.2 Å². The summed E-state index contributed by atoms with van der Waals surface area (Å²) >= 11 is 0. The Morgan fingerprint density at radius 3 is 2.09 bits per heavy atom. The van der Waals surface area contributed by atoms with Gasteiger partial charge in [-0.05, 0) is 38.6 Å². The summed E-state index contributed by atoms with van der Waals surface area (Å²) in [5.41, 5.74) is 21.8. The average Bonchev–Trinajstić information content (AvgIpc) is 2.76. The number of hydrogen-bond acceptors (Lipinski definition) is 8. The third kappa shape index (κ3) is 14.6. The molecule has 15 heteroatoms. The maximum Gasteiger partial charge on any atom is 0.326 e. The number of nitrogens with two attached hydrogens (primary N) is 4. The molecule has 3 amide bonds. The fraction of sp³-hybridized carbons (Fsp3) is 0.684. The van der Waals surface area contributed by atoms with Gasteiger partial charge in [0.2, 0.25) is 17.7 Å². The number of amides is 3. The van der Waals surface area contributed by atoms with Gasteiger partial charge in [0, 0.05) is 13.0 Å². The summed E-state index contributed by atoms with van der Waals surface area (Å²) in [4.78, 5) is 62.6. The first-order valence-electron chi connectivity index (χ1n) is 10.8. The van der Waals surface area contributed by atoms with E-state index in [2.05, 4.69) is 20.9 Å². The van der Waals surface area contributed by atoms with Crippen LogP contribution in [-0.4, -0.2) is 83.6 Å². The Balaban J connectivity index is 4.95. The van der Waals surface area contributed by atoms with Crippen LogP contribution in [0.15, 0.2) is 4.99 Å². The highest BCUT2D eigenvalue weighted by Gasteiger charge is 2.25. The van der Waals surface area contributed by atoms with E-state index in [0.717, 1.165) is 0 Å². The molecule has 0 aromatic heterocycles. The summed E-state index contributed by atoms with van der Waals surface area (Å²) < 4.78 is 0. The molecule has 3 atom stereocenters. The lowest BCUT2D eigenvalue weighted by atomic mass is 10.1. The smallest absolute Gasteiger partial charge is 0.326 e. The molecule has 0 saturated heterocycles. The fourth-order valence-electron chi connectivity index (χ4n) is 2.75. The van der Waals surface area contributed by atoms with E-state index in [1.807, 2.05) is 0 Å². The highest BCUT2D eigenvalue weighted by molar-refractivity contribution is 5.92. The molecule has 0 bridgehead atoms. The van der Waals surface area contributed by atoms with E-state index >= 15 is 0 Å². The lowest BCUT2D eigenvalue weighted by Crippen LogP contribution is -2.53. The predicted molar refractivity (Wildman–Crippen MR) is 122 cm³/mol. The van der Waals surface area contributed by atoms with Crippen LogP contribution in [0.5, 0.6) is 0 Å². The van der Waals surface area contributed by atoms with Crippen molar-refractivity contribution in [3.05, 3.63) is 0 Å². The van der Waals surface area contributed by atoms with Crippen molar-refractivity contribution in [1.82, 2.24) is 16.0 Å². The molecule has 0 saturated carbocycles. The van der Waals surface area contributed by atoms with E-state index in [1.165, 1.54) is 0 Å². The molecule has 13 N–H and O–H groups in total. The normalized spacial score (nSPS) is 13.1. The molecule has 0 aliphatic heterocycles. The van der Waals surface area contributed by atoms with Gasteiger partial charge in [-0.15, -0.1) is 0 Å². The van der Waals surface area contributed by atoms with Crippen molar-refractivity contribution in [1.29, 1.82) is 0 Å². The van der Waals surface area contributed by atoms with Gasteiger partial charge in [0.15, 0.2) is 5.96 Å². The Hall–Kier alpha value is -3.46. The zero-order valence-electron chi connectivity index (χ0n) is 19.0. The predicted octanol–water partition coefficient (Wildman–Crippen LogP) is -3.47. The van der Waals surface area contributed by atoms with E-state index < -0.39 is 60.8 Å². The summed E-state index contributed by atoms with van der Waals surface area (Å²) in [6.45, 7) is 0.0820. The number of guanidine groups is 1. The van der Waals surface area contributed by atoms with Gasteiger partial charge in [0.25, 0.3) is 0 Å². The zero-order chi connectivity index (χ0) is 26.1. The molecule has 0 heterocycles. The van der Waals surface area contributed by atoms with E-state index in [4.69, 9.17) is 33.1 Å². The van der Waals surface area contributed by atoms with Gasteiger partial charge < -0.3 is 49.1 Å². The maximum atomic E-state index is 12.6. The highest BCUT2D eigenvalue weighted by atomic mass is 16.4. The van der Waals surface area contributed by atoms with Crippen LogP contribution < -0.4 is 38.9 Å². The SMILES string of the molecule is NCCCCC(N)C(=O)NC(CCCN=C(N)N)C(=O)NCC(=O)NC(CCC(=O)O)C(=O)O. The summed E-state index contributed by atoms with van der Waals surface area (Å²) in [7, 11) is 0. The Kier molecular flexibility index (Phi) is 15.3. The summed E-state index contributed by atoms with van der Waals surface area (Å²) in [6.07, 6.45) is 1.40. The average molecular weight is 489 g/mol. The molecule has 0 aromatic rings. The number of carboxylic acid groups (broad SMARTS) is 2. The molecule has 0 aliphatic carbocycles. The van der Waals surface area contributed by atoms with E-state index in [1.54, 1.807) is 0 Å². The maximum absolute atomic E-state index is 12.6. The molecule has 15 nitrogen and oxygen atoms in total. The van der Waals surface area contributed by atoms with Crippen molar-refractivity contribution in [3.63, 3.8) is 0 Å². The summed E-state index contributed by atoms with van der Waals surface area (Å²) in [5.74, 6) is -4.83. The van der Waals surface area contributed by atoms with Crippen molar-refractivity contribution in [2.75, 3.05) is 19.6 Å². The van der Waals surface area contributed by atoms with Crippen LogP contribution >= 0.6 is 0 Å². The van der Waals surface area contributed by atoms with Gasteiger partial charge in [-0.3, -0.25) is 24.2 Å². The summed E-state index contributed by atoms with van der Waals surface area (Å²) in [6, 6.07) is -3.33. The molecule has 0 rings (SSSR count). The third-order valence-electron chi connectivity index (χ3n) is 4.59. The van der Waals surface area contributed by atoms with Gasteiger partial charge in [0.05, 0.1) is 12.6 Å². The Labute approximate surface area is 197 Å². The molecule has 0 aliphatic rings. The topological polar surface area (TPSA) is 278 Å². The number of rotatable bonds is 18. The fourth-order valence-corrected chi connectivity index (χ4v) is 2.75. The first-order chi connectivity index (χ1) is 16.0. The van der Waals surface area contributed by atoms with Crippen LogP contribution in [0.4, 0.5) is 0 Å². The second-order valence-corrected chi connectivity index (χ2v) is 7.51. The van der Waals surface area contributed by atoms with Crippen LogP contribution in [-0.2, 0) is 24.0 Å². The second-order valence-electron chi connectivity index (χ2n) is 7.51. The van der Waals surface area contributed by atoms with E-state index in [0.29, 0.717) is 32.2 Å². The number of aliphatic carboxylic acids is 2. The van der Waals surface area contributed by atoms with Gasteiger partial charge >= 0.3 is 11.9 Å². The molecular weight excluding hydrogens is 452 g/mol. The van der Waals surface area contributed by atoms with Crippen LogP contribution in [0.1, 0.15) is 44.9 Å². The van der Waals surface area contributed by atoms with Crippen LogP contribution in [0.25, 0.3) is 0 Å². The number of carbonyl (C=O) groups is 5. The number of nitrogens with zero attached hydrogens (tertiary/aromatic N) is 1. The quantitative estimate of drug-likeness (QED) is 0.0519. The van der Waals surface area contributed by atoms with E-state index in [9.17, 15) is 24.0 Å². The minimum Gasteiger partial charge on any atom is -0.481 e. The minimum atomic E-state index is -1.43. The Morgan fingerprint density at radius 2 is 1.53 bits per heavy atom. The lowest BCUT2D eigenvalue weighted by molar-refractivity contribution is -0.143. The van der Waals surface area contributed by atoms with E-state index in [-0.39, 0.29) is 25.3 Å². The van der Waals surface area contributed by atoms with Gasteiger partial charge in [-0.25, -0.2) is 4.79 Å². The second kappa shape index (κ2) is 17.1. The first-order valence-corrected chi connectivity index (χ1v) is 10.8. The molecule has 34 heavy (non-hydrogen) atoms. The van der Waals surface area contributed by atoms with Crippen LogP contribution in [0.3, 0.4) is 0 Å². The van der Waals surface area contributed by atoms with Crippen molar-refractivity contribution >= 4 is 35.6 Å². The van der Waals surface area contributed by atoms with Gasteiger partial charge in [0.1, 0.15) is 12.1 Å². The van der Waals surface area contributed by atoms with Gasteiger partial charge in [-0.1, -0.05) is 6.42 Å². The lowest BCUT2D eigenvalue weighted by Gasteiger charge is -2.21. The number of nitrogens with one attached hydrogen (secondary N) is 3. The van der Waals surface area contributed by atoms with Crippen molar-refractivity contribution in [2.45, 2.75) is 63.1 Å². The molecule has 3 unspecified atom stereocenters. The molecule has 0 aromatic carbocycles. The highest BCUT2D eigenvalue weighted by Crippen LogP contribution is 2.03. The number of aliphatic imine (C=N–C) groups is 1. The van der Waals surface area contributed by atoms with Crippen LogP contribution in [0, 0.1) is 0 Å². The largest absolute Gasteiger partial charge is 0.481 e.